The van der Waals surface area contributed by atoms with Crippen molar-refractivity contribution in [2.45, 2.75) is 31.1 Å². The largest absolute Gasteiger partial charge is 0.455 e. The summed E-state index contributed by atoms with van der Waals surface area (Å²) in [6, 6.07) is 1.22. The van der Waals surface area contributed by atoms with E-state index in [-0.39, 0.29) is 34.7 Å². The summed E-state index contributed by atoms with van der Waals surface area (Å²) >= 11 is 0. The molecule has 1 aromatic heterocycles. The van der Waals surface area contributed by atoms with Crippen LogP contribution in [-0.4, -0.2) is 45.9 Å². The second-order valence-electron chi connectivity index (χ2n) is 5.70. The molecule has 2 heterocycles. The van der Waals surface area contributed by atoms with E-state index in [0.717, 1.165) is 25.8 Å². The van der Waals surface area contributed by atoms with E-state index in [1.54, 1.807) is 4.90 Å². The van der Waals surface area contributed by atoms with Crippen molar-refractivity contribution in [1.29, 1.82) is 0 Å². The Bertz CT molecular complexity index is 636. The SMILES string of the molecule is CNCCC1CCN(C(=O)c2cc(S(N)(=O)=O)c(C)o2)CC1.Cl. The molecule has 0 radical (unpaired) electrons. The summed E-state index contributed by atoms with van der Waals surface area (Å²) in [5.41, 5.74) is 0. The van der Waals surface area contributed by atoms with Crippen LogP contribution in [0.25, 0.3) is 0 Å². The van der Waals surface area contributed by atoms with Crippen molar-refractivity contribution in [3.05, 3.63) is 17.6 Å². The number of aryl methyl sites for hydroxylation is 1. The van der Waals surface area contributed by atoms with Crippen molar-refractivity contribution in [2.24, 2.45) is 11.1 Å². The van der Waals surface area contributed by atoms with Gasteiger partial charge in [0.25, 0.3) is 5.91 Å². The zero-order chi connectivity index (χ0) is 16.3. The minimum Gasteiger partial charge on any atom is -0.455 e. The van der Waals surface area contributed by atoms with Gasteiger partial charge in [0.05, 0.1) is 0 Å². The number of likely N-dealkylation sites (tertiary alicyclic amines) is 1. The van der Waals surface area contributed by atoms with Gasteiger partial charge < -0.3 is 14.6 Å². The Morgan fingerprint density at radius 1 is 1.43 bits per heavy atom. The lowest BCUT2D eigenvalue weighted by Gasteiger charge is -2.31. The van der Waals surface area contributed by atoms with E-state index in [1.807, 2.05) is 7.05 Å². The van der Waals surface area contributed by atoms with Gasteiger partial charge in [0.1, 0.15) is 10.7 Å². The van der Waals surface area contributed by atoms with E-state index in [4.69, 9.17) is 9.56 Å². The summed E-state index contributed by atoms with van der Waals surface area (Å²) < 4.78 is 28.1. The highest BCUT2D eigenvalue weighted by molar-refractivity contribution is 7.89. The highest BCUT2D eigenvalue weighted by Crippen LogP contribution is 2.24. The molecule has 23 heavy (non-hydrogen) atoms. The minimum atomic E-state index is -3.87. The average Bonchev–Trinajstić information content (AvgIpc) is 2.87. The molecule has 0 atom stereocenters. The quantitative estimate of drug-likeness (QED) is 0.813. The fraction of sp³-hybridized carbons (Fsp3) is 0.643. The van der Waals surface area contributed by atoms with Gasteiger partial charge in [0.15, 0.2) is 5.76 Å². The molecule has 1 aliphatic heterocycles. The molecule has 1 saturated heterocycles. The van der Waals surface area contributed by atoms with Crippen LogP contribution in [0.3, 0.4) is 0 Å². The van der Waals surface area contributed by atoms with Gasteiger partial charge in [-0.05, 0) is 45.7 Å². The molecule has 0 unspecified atom stereocenters. The fourth-order valence-electron chi connectivity index (χ4n) is 2.78. The molecule has 0 aliphatic carbocycles. The Balaban J connectivity index is 0.00000264. The molecule has 0 bridgehead atoms. The average molecular weight is 366 g/mol. The number of carbonyl (C=O) groups is 1. The van der Waals surface area contributed by atoms with Crippen LogP contribution in [0.4, 0.5) is 0 Å². The third kappa shape index (κ3) is 4.94. The lowest BCUT2D eigenvalue weighted by molar-refractivity contribution is 0.0653. The van der Waals surface area contributed by atoms with Crippen LogP contribution in [0.1, 0.15) is 35.6 Å². The number of nitrogens with two attached hydrogens (primary N) is 1. The number of nitrogens with one attached hydrogen (secondary N) is 1. The maximum absolute atomic E-state index is 12.4. The Hall–Kier alpha value is -1.09. The minimum absolute atomic E-state index is 0. The van der Waals surface area contributed by atoms with Crippen LogP contribution in [0, 0.1) is 12.8 Å². The number of halogens is 1. The van der Waals surface area contributed by atoms with E-state index in [0.29, 0.717) is 19.0 Å². The summed E-state index contributed by atoms with van der Waals surface area (Å²) in [6.07, 6.45) is 3.01. The predicted molar refractivity (Wildman–Crippen MR) is 89.2 cm³/mol. The summed E-state index contributed by atoms with van der Waals surface area (Å²) in [7, 11) is -1.94. The van der Waals surface area contributed by atoms with Gasteiger partial charge in [-0.1, -0.05) is 0 Å². The Labute approximate surface area is 143 Å². The third-order valence-electron chi connectivity index (χ3n) is 4.09. The lowest BCUT2D eigenvalue weighted by Crippen LogP contribution is -2.38. The van der Waals surface area contributed by atoms with Crippen LogP contribution in [-0.2, 0) is 10.0 Å². The maximum atomic E-state index is 12.4. The standard InChI is InChI=1S/C14H23N3O4S.ClH/c1-10-13(22(15,19)20)9-12(21-10)14(18)17-7-4-11(5-8-17)3-6-16-2;/h9,11,16H,3-8H2,1-2H3,(H2,15,19,20);1H. The molecular weight excluding hydrogens is 342 g/mol. The van der Waals surface area contributed by atoms with Gasteiger partial charge in [0.2, 0.25) is 10.0 Å². The van der Waals surface area contributed by atoms with Crippen molar-refractivity contribution >= 4 is 28.3 Å². The molecule has 0 spiro atoms. The third-order valence-corrected chi connectivity index (χ3v) is 5.11. The lowest BCUT2D eigenvalue weighted by atomic mass is 9.93. The smallest absolute Gasteiger partial charge is 0.289 e. The molecule has 1 fully saturated rings. The number of hydrogen-bond acceptors (Lipinski definition) is 5. The molecule has 3 N–H and O–H groups in total. The number of rotatable bonds is 5. The zero-order valence-electron chi connectivity index (χ0n) is 13.4. The first-order valence-corrected chi connectivity index (χ1v) is 8.94. The van der Waals surface area contributed by atoms with Crippen LogP contribution < -0.4 is 10.5 Å². The molecule has 2 rings (SSSR count). The Kier molecular flexibility index (Phi) is 7.06. The molecule has 1 amide bonds. The van der Waals surface area contributed by atoms with E-state index in [9.17, 15) is 13.2 Å². The predicted octanol–water partition coefficient (Wildman–Crippen LogP) is 1.12. The van der Waals surface area contributed by atoms with Crippen molar-refractivity contribution in [2.75, 3.05) is 26.7 Å². The molecule has 0 aromatic carbocycles. The van der Waals surface area contributed by atoms with E-state index < -0.39 is 10.0 Å². The van der Waals surface area contributed by atoms with Gasteiger partial charge in [0, 0.05) is 19.2 Å². The first kappa shape index (κ1) is 20.0. The maximum Gasteiger partial charge on any atom is 0.289 e. The number of hydrogen-bond donors (Lipinski definition) is 2. The van der Waals surface area contributed by atoms with E-state index in [2.05, 4.69) is 5.32 Å². The summed E-state index contributed by atoms with van der Waals surface area (Å²) in [6.45, 7) is 3.80. The normalized spacial score (nSPS) is 16.2. The van der Waals surface area contributed by atoms with Gasteiger partial charge in [-0.3, -0.25) is 4.79 Å². The highest BCUT2D eigenvalue weighted by Gasteiger charge is 2.27. The topological polar surface area (TPSA) is 106 Å². The number of piperidine rings is 1. The molecule has 1 aromatic rings. The first-order valence-electron chi connectivity index (χ1n) is 7.40. The van der Waals surface area contributed by atoms with E-state index in [1.165, 1.54) is 13.0 Å². The molecular formula is C14H24ClN3O4S. The number of primary sulfonamides is 1. The van der Waals surface area contributed by atoms with Crippen LogP contribution in [0.15, 0.2) is 15.4 Å². The number of furan rings is 1. The fourth-order valence-corrected chi connectivity index (χ4v) is 3.50. The van der Waals surface area contributed by atoms with Gasteiger partial charge >= 0.3 is 0 Å². The monoisotopic (exact) mass is 365 g/mol. The number of amides is 1. The van der Waals surface area contributed by atoms with Crippen molar-refractivity contribution < 1.29 is 17.6 Å². The van der Waals surface area contributed by atoms with Crippen molar-refractivity contribution in [3.63, 3.8) is 0 Å². The molecule has 1 aliphatic rings. The number of sulfonamides is 1. The molecule has 0 saturated carbocycles. The van der Waals surface area contributed by atoms with Gasteiger partial charge in [-0.15, -0.1) is 12.4 Å². The molecule has 132 valence electrons. The van der Waals surface area contributed by atoms with Gasteiger partial charge in [-0.2, -0.15) is 0 Å². The van der Waals surface area contributed by atoms with E-state index >= 15 is 0 Å². The summed E-state index contributed by atoms with van der Waals surface area (Å²) in [5.74, 6) is 0.532. The molecule has 7 nitrogen and oxygen atoms in total. The second kappa shape index (κ2) is 8.14. The Morgan fingerprint density at radius 2 is 2.04 bits per heavy atom. The zero-order valence-corrected chi connectivity index (χ0v) is 15.0. The van der Waals surface area contributed by atoms with Crippen LogP contribution in [0.2, 0.25) is 0 Å². The Morgan fingerprint density at radius 3 is 2.52 bits per heavy atom. The first-order chi connectivity index (χ1) is 10.3. The van der Waals surface area contributed by atoms with Crippen LogP contribution in [0.5, 0.6) is 0 Å². The van der Waals surface area contributed by atoms with Crippen molar-refractivity contribution in [3.8, 4) is 0 Å². The molecule has 9 heteroatoms. The number of nitrogens with zero attached hydrogens (tertiary/aromatic N) is 1. The van der Waals surface area contributed by atoms with Crippen molar-refractivity contribution in [1.82, 2.24) is 10.2 Å². The highest BCUT2D eigenvalue weighted by atomic mass is 35.5. The second-order valence-corrected chi connectivity index (χ2v) is 7.23. The number of carbonyl (C=O) groups excluding carboxylic acids is 1. The van der Waals surface area contributed by atoms with Gasteiger partial charge in [-0.25, -0.2) is 13.6 Å². The summed E-state index contributed by atoms with van der Waals surface area (Å²) in [4.78, 5) is 14.0. The van der Waals surface area contributed by atoms with Crippen LogP contribution >= 0.6 is 12.4 Å². The summed E-state index contributed by atoms with van der Waals surface area (Å²) in [5, 5.41) is 8.23.